The first-order valence-electron chi connectivity index (χ1n) is 8.44. The maximum Gasteiger partial charge on any atom is 0.416 e. The molecular formula is C20H20BrNO4. The lowest BCUT2D eigenvalue weighted by Gasteiger charge is -2.26. The Balaban J connectivity index is 1.76. The number of hydrogen-bond acceptors (Lipinski definition) is 4. The molecule has 0 saturated carbocycles. The van der Waals surface area contributed by atoms with Gasteiger partial charge in [0.05, 0.1) is 18.1 Å². The molecule has 1 aliphatic rings. The van der Waals surface area contributed by atoms with Gasteiger partial charge < -0.3 is 9.84 Å². The predicted octanol–water partition coefficient (Wildman–Crippen LogP) is 3.71. The van der Waals surface area contributed by atoms with Crippen LogP contribution < -0.4 is 0 Å². The van der Waals surface area contributed by atoms with Crippen LogP contribution in [0, 0.1) is 5.92 Å². The molecule has 2 aromatic rings. The van der Waals surface area contributed by atoms with Crippen LogP contribution in [0.25, 0.3) is 0 Å². The normalized spacial score (nSPS) is 19.1. The highest BCUT2D eigenvalue weighted by Crippen LogP contribution is 2.28. The van der Waals surface area contributed by atoms with Gasteiger partial charge in [-0.05, 0) is 29.7 Å². The first-order valence-corrected chi connectivity index (χ1v) is 9.24. The summed E-state index contributed by atoms with van der Waals surface area (Å²) in [6, 6.07) is 16.4. The number of aliphatic hydroxyl groups excluding tert-OH is 1. The minimum absolute atomic E-state index is 0.166. The quantitative estimate of drug-likeness (QED) is 0.804. The topological polar surface area (TPSA) is 66.8 Å². The fourth-order valence-electron chi connectivity index (χ4n) is 3.10. The number of nitrogens with zero attached hydrogens (tertiary/aromatic N) is 1. The Hall–Kier alpha value is -2.18. The highest BCUT2D eigenvalue weighted by Gasteiger charge is 2.41. The van der Waals surface area contributed by atoms with Gasteiger partial charge in [-0.1, -0.05) is 65.3 Å². The molecule has 3 atom stereocenters. The number of aliphatic hydroxyl groups is 1. The number of benzene rings is 2. The highest BCUT2D eigenvalue weighted by atomic mass is 79.9. The van der Waals surface area contributed by atoms with Crippen LogP contribution in [0.15, 0.2) is 59.1 Å². The van der Waals surface area contributed by atoms with Crippen LogP contribution in [0.4, 0.5) is 4.79 Å². The summed E-state index contributed by atoms with van der Waals surface area (Å²) in [5, 5.41) is 10.6. The maximum atomic E-state index is 12.9. The van der Waals surface area contributed by atoms with Crippen molar-refractivity contribution in [1.82, 2.24) is 4.90 Å². The van der Waals surface area contributed by atoms with Crippen molar-refractivity contribution in [2.24, 2.45) is 5.92 Å². The van der Waals surface area contributed by atoms with E-state index in [1.807, 2.05) is 36.4 Å². The van der Waals surface area contributed by atoms with E-state index >= 15 is 0 Å². The summed E-state index contributed by atoms with van der Waals surface area (Å²) >= 11 is 3.36. The number of amides is 2. The van der Waals surface area contributed by atoms with Crippen molar-refractivity contribution in [2.45, 2.75) is 25.5 Å². The molecule has 3 rings (SSSR count). The van der Waals surface area contributed by atoms with E-state index in [0.717, 1.165) is 14.9 Å². The smallest absolute Gasteiger partial charge is 0.416 e. The van der Waals surface area contributed by atoms with Crippen molar-refractivity contribution in [2.75, 3.05) is 6.61 Å². The van der Waals surface area contributed by atoms with E-state index in [1.54, 1.807) is 25.1 Å². The molecule has 136 valence electrons. The minimum Gasteiger partial charge on any atom is -0.447 e. The average Bonchev–Trinajstić information content (AvgIpc) is 3.01. The Kier molecular flexibility index (Phi) is 5.74. The molecule has 0 aromatic heterocycles. The molecule has 1 fully saturated rings. The maximum absolute atomic E-state index is 12.9. The summed E-state index contributed by atoms with van der Waals surface area (Å²) in [5.41, 5.74) is 1.64. The zero-order valence-corrected chi connectivity index (χ0v) is 15.9. The zero-order valence-electron chi connectivity index (χ0n) is 14.3. The number of hydrogen-bond donors (Lipinski definition) is 1. The lowest BCUT2D eigenvalue weighted by molar-refractivity contribution is -0.136. The van der Waals surface area contributed by atoms with Gasteiger partial charge in [-0.25, -0.2) is 9.69 Å². The average molecular weight is 418 g/mol. The molecular weight excluding hydrogens is 398 g/mol. The van der Waals surface area contributed by atoms with Gasteiger partial charge in [-0.2, -0.15) is 0 Å². The third kappa shape index (κ3) is 3.97. The Bertz CT molecular complexity index is 795. The molecule has 2 amide bonds. The van der Waals surface area contributed by atoms with Gasteiger partial charge in [0.15, 0.2) is 0 Å². The second-order valence-corrected chi connectivity index (χ2v) is 7.33. The third-order valence-electron chi connectivity index (χ3n) is 4.57. The summed E-state index contributed by atoms with van der Waals surface area (Å²) in [5.74, 6) is -1.20. The molecule has 1 saturated heterocycles. The first kappa shape index (κ1) is 18.6. The number of imide groups is 1. The van der Waals surface area contributed by atoms with E-state index in [9.17, 15) is 14.7 Å². The highest BCUT2D eigenvalue weighted by molar-refractivity contribution is 9.10. The van der Waals surface area contributed by atoms with Gasteiger partial charge in [-0.15, -0.1) is 0 Å². The van der Waals surface area contributed by atoms with Crippen LogP contribution in [-0.4, -0.2) is 34.7 Å². The van der Waals surface area contributed by atoms with Crippen LogP contribution in [0.3, 0.4) is 0 Å². The lowest BCUT2D eigenvalue weighted by Crippen LogP contribution is -2.44. The van der Waals surface area contributed by atoms with Gasteiger partial charge >= 0.3 is 6.09 Å². The Morgan fingerprint density at radius 3 is 2.69 bits per heavy atom. The van der Waals surface area contributed by atoms with Gasteiger partial charge in [0.2, 0.25) is 5.91 Å². The number of carbonyl (C=O) groups excluding carboxylic acids is 2. The standard InChI is InChI=1S/C20H20BrNO4/c1-13(18(23)15-8-5-9-16(21)11-15)19(24)22-17(12-26-20(22)25)10-14-6-3-2-4-7-14/h2-9,11,13,17-18,23H,10,12H2,1H3. The molecule has 1 aliphatic heterocycles. The Morgan fingerprint density at radius 2 is 2.00 bits per heavy atom. The largest absolute Gasteiger partial charge is 0.447 e. The van der Waals surface area contributed by atoms with Crippen molar-refractivity contribution in [1.29, 1.82) is 0 Å². The molecule has 0 radical (unpaired) electrons. The minimum atomic E-state index is -1.01. The fraction of sp³-hybridized carbons (Fsp3) is 0.300. The molecule has 0 bridgehead atoms. The van der Waals surface area contributed by atoms with E-state index in [0.29, 0.717) is 12.0 Å². The summed E-state index contributed by atoms with van der Waals surface area (Å²) in [6.45, 7) is 1.79. The van der Waals surface area contributed by atoms with E-state index < -0.39 is 24.0 Å². The van der Waals surface area contributed by atoms with Crippen molar-refractivity contribution in [3.8, 4) is 0 Å². The second-order valence-electron chi connectivity index (χ2n) is 6.42. The Morgan fingerprint density at radius 1 is 1.27 bits per heavy atom. The summed E-state index contributed by atoms with van der Waals surface area (Å²) in [7, 11) is 0. The number of carbonyl (C=O) groups is 2. The summed E-state index contributed by atoms with van der Waals surface area (Å²) in [6.07, 6.45) is -1.13. The van der Waals surface area contributed by atoms with Crippen molar-refractivity contribution in [3.05, 3.63) is 70.2 Å². The number of halogens is 1. The zero-order chi connectivity index (χ0) is 18.7. The number of rotatable bonds is 5. The molecule has 1 N–H and O–H groups in total. The molecule has 0 aliphatic carbocycles. The van der Waals surface area contributed by atoms with Gasteiger partial charge in [0.1, 0.15) is 6.61 Å². The van der Waals surface area contributed by atoms with Crippen LogP contribution >= 0.6 is 15.9 Å². The van der Waals surface area contributed by atoms with Gasteiger partial charge in [0, 0.05) is 4.47 Å². The second kappa shape index (κ2) is 8.01. The van der Waals surface area contributed by atoms with Crippen molar-refractivity contribution >= 4 is 27.9 Å². The molecule has 0 spiro atoms. The molecule has 5 nitrogen and oxygen atoms in total. The van der Waals surface area contributed by atoms with Crippen molar-refractivity contribution in [3.63, 3.8) is 0 Å². The summed E-state index contributed by atoms with van der Waals surface area (Å²) < 4.78 is 5.92. The van der Waals surface area contributed by atoms with E-state index in [2.05, 4.69) is 15.9 Å². The third-order valence-corrected chi connectivity index (χ3v) is 5.06. The van der Waals surface area contributed by atoms with Gasteiger partial charge in [0.25, 0.3) is 0 Å². The van der Waals surface area contributed by atoms with Crippen LogP contribution in [0.1, 0.15) is 24.2 Å². The predicted molar refractivity (Wildman–Crippen MR) is 100 cm³/mol. The number of ether oxygens (including phenoxy) is 1. The van der Waals surface area contributed by atoms with E-state index in [1.165, 1.54) is 0 Å². The van der Waals surface area contributed by atoms with Crippen LogP contribution in [-0.2, 0) is 16.0 Å². The molecule has 26 heavy (non-hydrogen) atoms. The van der Waals surface area contributed by atoms with E-state index in [4.69, 9.17) is 4.74 Å². The molecule has 6 heteroatoms. The Labute approximate surface area is 160 Å². The fourth-order valence-corrected chi connectivity index (χ4v) is 3.52. The lowest BCUT2D eigenvalue weighted by atomic mass is 9.95. The van der Waals surface area contributed by atoms with Crippen molar-refractivity contribution < 1.29 is 19.4 Å². The molecule has 3 unspecified atom stereocenters. The molecule has 1 heterocycles. The van der Waals surface area contributed by atoms with Gasteiger partial charge in [-0.3, -0.25) is 4.79 Å². The summed E-state index contributed by atoms with van der Waals surface area (Å²) in [4.78, 5) is 26.2. The number of cyclic esters (lactones) is 1. The van der Waals surface area contributed by atoms with Crippen LogP contribution in [0.2, 0.25) is 0 Å². The first-order chi connectivity index (χ1) is 12.5. The monoisotopic (exact) mass is 417 g/mol. The van der Waals surface area contributed by atoms with E-state index in [-0.39, 0.29) is 12.6 Å². The van der Waals surface area contributed by atoms with Crippen LogP contribution in [0.5, 0.6) is 0 Å². The molecule has 2 aromatic carbocycles. The SMILES string of the molecule is CC(C(=O)N1C(=O)OCC1Cc1ccccc1)C(O)c1cccc(Br)c1.